The average Bonchev–Trinajstić information content (AvgIpc) is 2.69. The van der Waals surface area contributed by atoms with Gasteiger partial charge in [-0.25, -0.2) is 0 Å². The monoisotopic (exact) mass is 356 g/mol. The van der Waals surface area contributed by atoms with E-state index in [1.54, 1.807) is 0 Å². The van der Waals surface area contributed by atoms with Crippen LogP contribution in [-0.2, 0) is 19.9 Å². The molecule has 2 rings (SSSR count). The third-order valence-electron chi connectivity index (χ3n) is 3.47. The van der Waals surface area contributed by atoms with E-state index in [0.29, 0.717) is 11.4 Å². The Balaban J connectivity index is 2.25. The van der Waals surface area contributed by atoms with Gasteiger partial charge in [-0.05, 0) is 46.5 Å². The Hall–Kier alpha value is -0.840. The predicted molar refractivity (Wildman–Crippen MR) is 85.1 cm³/mol. The molecule has 1 atom stereocenters. The summed E-state index contributed by atoms with van der Waals surface area (Å²) in [6.07, 6.45) is 0.772. The van der Waals surface area contributed by atoms with Gasteiger partial charge in [0.15, 0.2) is 0 Å². The smallest absolute Gasteiger partial charge is 0.0846 e. The molecule has 5 heteroatoms. The van der Waals surface area contributed by atoms with Crippen LogP contribution < -0.4 is 0 Å². The molecule has 1 aromatic heterocycles. The van der Waals surface area contributed by atoms with Crippen molar-refractivity contribution in [1.29, 1.82) is 0 Å². The van der Waals surface area contributed by atoms with Crippen LogP contribution >= 0.6 is 27.5 Å². The molecule has 0 spiro atoms. The largest absolute Gasteiger partial charge is 0.388 e. The number of rotatable bonds is 4. The average molecular weight is 358 g/mol. The summed E-state index contributed by atoms with van der Waals surface area (Å²) in [6.45, 7) is 4.01. The zero-order chi connectivity index (χ0) is 14.9. The van der Waals surface area contributed by atoms with Gasteiger partial charge in [-0.1, -0.05) is 30.7 Å². The van der Waals surface area contributed by atoms with Crippen LogP contribution in [0.3, 0.4) is 0 Å². The molecular weight excluding hydrogens is 340 g/mol. The highest BCUT2D eigenvalue weighted by atomic mass is 79.9. The molecule has 0 amide bonds. The quantitative estimate of drug-likeness (QED) is 0.898. The van der Waals surface area contributed by atoms with Crippen molar-refractivity contribution in [1.82, 2.24) is 9.78 Å². The molecular formula is C15H18BrClN2O. The fourth-order valence-corrected chi connectivity index (χ4v) is 3.13. The number of aliphatic hydroxyl groups is 1. The first kappa shape index (κ1) is 15.5. The molecule has 108 valence electrons. The number of aryl methyl sites for hydroxylation is 3. The van der Waals surface area contributed by atoms with Gasteiger partial charge in [0, 0.05) is 18.5 Å². The van der Waals surface area contributed by atoms with E-state index in [1.165, 1.54) is 0 Å². The van der Waals surface area contributed by atoms with Crippen molar-refractivity contribution in [3.05, 3.63) is 50.2 Å². The van der Waals surface area contributed by atoms with Crippen molar-refractivity contribution in [3.8, 4) is 0 Å². The minimum Gasteiger partial charge on any atom is -0.388 e. The molecule has 1 heterocycles. The Kier molecular flexibility index (Phi) is 4.89. The molecule has 0 aliphatic rings. The molecule has 20 heavy (non-hydrogen) atoms. The zero-order valence-electron chi connectivity index (χ0n) is 11.8. The molecule has 0 bridgehead atoms. The maximum absolute atomic E-state index is 10.4. The van der Waals surface area contributed by atoms with Gasteiger partial charge in [-0.2, -0.15) is 5.10 Å². The van der Waals surface area contributed by atoms with Crippen LogP contribution in [-0.4, -0.2) is 14.9 Å². The Labute approximate surface area is 132 Å². The summed E-state index contributed by atoms with van der Waals surface area (Å²) in [6, 6.07) is 5.67. The molecule has 0 radical (unpaired) electrons. The highest BCUT2D eigenvalue weighted by Crippen LogP contribution is 2.28. The van der Waals surface area contributed by atoms with Crippen molar-refractivity contribution >= 4 is 27.5 Å². The SMILES string of the molecule is CCc1nn(C)c(CC(O)c2ccc(C)c(Cl)c2)c1Br. The number of aliphatic hydroxyl groups excluding tert-OH is 1. The summed E-state index contributed by atoms with van der Waals surface area (Å²) < 4.78 is 2.81. The molecule has 2 aromatic rings. The van der Waals surface area contributed by atoms with Gasteiger partial charge < -0.3 is 5.11 Å². The zero-order valence-corrected chi connectivity index (χ0v) is 14.2. The molecule has 0 saturated heterocycles. The Morgan fingerprint density at radius 1 is 1.45 bits per heavy atom. The van der Waals surface area contributed by atoms with E-state index in [2.05, 4.69) is 28.0 Å². The number of aromatic nitrogens is 2. The van der Waals surface area contributed by atoms with Crippen LogP contribution in [0.1, 0.15) is 35.5 Å². The lowest BCUT2D eigenvalue weighted by atomic mass is 10.0. The topological polar surface area (TPSA) is 38.0 Å². The third-order valence-corrected chi connectivity index (χ3v) is 4.79. The normalized spacial score (nSPS) is 12.7. The summed E-state index contributed by atoms with van der Waals surface area (Å²) >= 11 is 9.68. The number of hydrogen-bond acceptors (Lipinski definition) is 2. The number of hydrogen-bond donors (Lipinski definition) is 1. The van der Waals surface area contributed by atoms with Gasteiger partial charge in [0.05, 0.1) is 22.0 Å². The van der Waals surface area contributed by atoms with Crippen molar-refractivity contribution in [2.75, 3.05) is 0 Å². The Bertz CT molecular complexity index is 625. The Morgan fingerprint density at radius 2 is 2.15 bits per heavy atom. The van der Waals surface area contributed by atoms with Crippen molar-refractivity contribution in [2.45, 2.75) is 32.8 Å². The first-order valence-electron chi connectivity index (χ1n) is 6.58. The minimum absolute atomic E-state index is 0.503. The van der Waals surface area contributed by atoms with Crippen LogP contribution in [0.2, 0.25) is 5.02 Å². The lowest BCUT2D eigenvalue weighted by molar-refractivity contribution is 0.175. The summed E-state index contributed by atoms with van der Waals surface area (Å²) in [5.41, 5.74) is 3.84. The maximum Gasteiger partial charge on any atom is 0.0846 e. The number of nitrogens with zero attached hydrogens (tertiary/aromatic N) is 2. The highest BCUT2D eigenvalue weighted by molar-refractivity contribution is 9.10. The highest BCUT2D eigenvalue weighted by Gasteiger charge is 2.17. The van der Waals surface area contributed by atoms with E-state index < -0.39 is 6.10 Å². The number of halogens is 2. The van der Waals surface area contributed by atoms with E-state index in [0.717, 1.165) is 33.4 Å². The van der Waals surface area contributed by atoms with E-state index >= 15 is 0 Å². The van der Waals surface area contributed by atoms with Crippen molar-refractivity contribution < 1.29 is 5.11 Å². The summed E-state index contributed by atoms with van der Waals surface area (Å²) in [7, 11) is 1.90. The fourth-order valence-electron chi connectivity index (χ4n) is 2.16. The molecule has 0 fully saturated rings. The summed E-state index contributed by atoms with van der Waals surface area (Å²) in [5.74, 6) is 0. The van der Waals surface area contributed by atoms with Crippen LogP contribution in [0.15, 0.2) is 22.7 Å². The summed E-state index contributed by atoms with van der Waals surface area (Å²) in [4.78, 5) is 0. The molecule has 3 nitrogen and oxygen atoms in total. The lowest BCUT2D eigenvalue weighted by Crippen LogP contribution is -2.07. The van der Waals surface area contributed by atoms with Crippen LogP contribution in [0, 0.1) is 6.92 Å². The molecule has 0 aliphatic heterocycles. The van der Waals surface area contributed by atoms with Gasteiger partial charge in [0.1, 0.15) is 0 Å². The van der Waals surface area contributed by atoms with Crippen molar-refractivity contribution in [3.63, 3.8) is 0 Å². The van der Waals surface area contributed by atoms with E-state index in [4.69, 9.17) is 11.6 Å². The Morgan fingerprint density at radius 3 is 2.70 bits per heavy atom. The first-order chi connectivity index (χ1) is 9.43. The molecule has 1 aromatic carbocycles. The molecule has 0 saturated carbocycles. The molecule has 0 aliphatic carbocycles. The van der Waals surface area contributed by atoms with E-state index in [-0.39, 0.29) is 0 Å². The van der Waals surface area contributed by atoms with Crippen LogP contribution in [0.25, 0.3) is 0 Å². The van der Waals surface area contributed by atoms with Gasteiger partial charge >= 0.3 is 0 Å². The number of benzene rings is 1. The second-order valence-electron chi connectivity index (χ2n) is 4.91. The van der Waals surface area contributed by atoms with Gasteiger partial charge in [0.25, 0.3) is 0 Å². The minimum atomic E-state index is -0.593. The van der Waals surface area contributed by atoms with E-state index in [1.807, 2.05) is 36.9 Å². The van der Waals surface area contributed by atoms with Crippen LogP contribution in [0.4, 0.5) is 0 Å². The lowest BCUT2D eigenvalue weighted by Gasteiger charge is -2.13. The van der Waals surface area contributed by atoms with E-state index in [9.17, 15) is 5.11 Å². The first-order valence-corrected chi connectivity index (χ1v) is 7.75. The van der Waals surface area contributed by atoms with Crippen molar-refractivity contribution in [2.24, 2.45) is 7.05 Å². The van der Waals surface area contributed by atoms with Gasteiger partial charge in [0.2, 0.25) is 0 Å². The standard InChI is InChI=1S/C15H18BrClN2O/c1-4-12-15(16)13(19(3)18-12)8-14(20)10-6-5-9(2)11(17)7-10/h5-7,14,20H,4,8H2,1-3H3. The predicted octanol–water partition coefficient (Wildman–Crippen LogP) is 3.98. The second-order valence-corrected chi connectivity index (χ2v) is 6.11. The van der Waals surface area contributed by atoms with Gasteiger partial charge in [-0.15, -0.1) is 0 Å². The van der Waals surface area contributed by atoms with Crippen LogP contribution in [0.5, 0.6) is 0 Å². The molecule has 1 N–H and O–H groups in total. The van der Waals surface area contributed by atoms with Gasteiger partial charge in [-0.3, -0.25) is 4.68 Å². The molecule has 1 unspecified atom stereocenters. The fraction of sp³-hybridized carbons (Fsp3) is 0.400. The maximum atomic E-state index is 10.4. The third kappa shape index (κ3) is 3.08. The summed E-state index contributed by atoms with van der Waals surface area (Å²) in [5, 5.41) is 15.5. The second kappa shape index (κ2) is 6.29.